The van der Waals surface area contributed by atoms with E-state index in [2.05, 4.69) is 25.3 Å². The average Bonchev–Trinajstić information content (AvgIpc) is 3.20. The highest BCUT2D eigenvalue weighted by Crippen LogP contribution is 2.32. The zero-order chi connectivity index (χ0) is 21.2. The highest BCUT2D eigenvalue weighted by atomic mass is 19.1. The quantitative estimate of drug-likeness (QED) is 0.479. The smallest absolute Gasteiger partial charge is 0.258 e. The highest BCUT2D eigenvalue weighted by Gasteiger charge is 2.17. The molecule has 2 aromatic carbocycles. The molecule has 0 aliphatic rings. The molecule has 0 aliphatic carbocycles. The van der Waals surface area contributed by atoms with Gasteiger partial charge in [0.1, 0.15) is 5.82 Å². The van der Waals surface area contributed by atoms with Crippen LogP contribution in [-0.4, -0.2) is 30.2 Å². The Morgan fingerprint density at radius 1 is 0.903 bits per heavy atom. The van der Waals surface area contributed by atoms with Crippen LogP contribution in [0.1, 0.15) is 10.4 Å². The second kappa shape index (κ2) is 7.75. The van der Waals surface area contributed by atoms with Crippen LogP contribution in [-0.2, 0) is 0 Å². The van der Waals surface area contributed by atoms with Gasteiger partial charge in [-0.1, -0.05) is 12.1 Å². The maximum absolute atomic E-state index is 13.4. The van der Waals surface area contributed by atoms with E-state index in [1.165, 1.54) is 12.1 Å². The van der Waals surface area contributed by atoms with Crippen molar-refractivity contribution in [1.29, 1.82) is 0 Å². The zero-order valence-corrected chi connectivity index (χ0v) is 16.1. The molecule has 0 atom stereocenters. The lowest BCUT2D eigenvalue weighted by Crippen LogP contribution is -2.13. The summed E-state index contributed by atoms with van der Waals surface area (Å²) < 4.78 is 15.3. The van der Waals surface area contributed by atoms with Gasteiger partial charge in [-0.05, 0) is 42.5 Å². The standard InChI is InChI=1S/C23H15FN6O/c24-18-8-6-15(7-9-18)20-21(30-13-12-25-14-19(30)28-20)16-2-4-17(5-3-16)22(31)29-23-26-10-1-11-27-23/h1-14H,(H,26,27,29,31). The number of halogens is 1. The van der Waals surface area contributed by atoms with Crippen LogP contribution in [0.2, 0.25) is 0 Å². The molecule has 5 aromatic rings. The zero-order valence-electron chi connectivity index (χ0n) is 16.1. The van der Waals surface area contributed by atoms with Crippen molar-refractivity contribution in [2.24, 2.45) is 0 Å². The van der Waals surface area contributed by atoms with Crippen LogP contribution in [0.5, 0.6) is 0 Å². The van der Waals surface area contributed by atoms with Gasteiger partial charge in [-0.25, -0.2) is 19.3 Å². The molecule has 150 valence electrons. The van der Waals surface area contributed by atoms with Gasteiger partial charge >= 0.3 is 0 Å². The molecule has 0 aliphatic heterocycles. The van der Waals surface area contributed by atoms with Gasteiger partial charge in [0.05, 0.1) is 17.6 Å². The fraction of sp³-hybridized carbons (Fsp3) is 0. The molecule has 0 fully saturated rings. The van der Waals surface area contributed by atoms with Crippen molar-refractivity contribution < 1.29 is 9.18 Å². The molecule has 31 heavy (non-hydrogen) atoms. The summed E-state index contributed by atoms with van der Waals surface area (Å²) in [6.07, 6.45) is 8.27. The predicted octanol–water partition coefficient (Wildman–Crippen LogP) is 4.24. The minimum absolute atomic E-state index is 0.240. The molecule has 0 bridgehead atoms. The summed E-state index contributed by atoms with van der Waals surface area (Å²) in [7, 11) is 0. The Morgan fingerprint density at radius 2 is 1.61 bits per heavy atom. The van der Waals surface area contributed by atoms with Crippen LogP contribution in [0, 0.1) is 5.82 Å². The summed E-state index contributed by atoms with van der Waals surface area (Å²) in [5, 5.41) is 2.66. The fourth-order valence-electron chi connectivity index (χ4n) is 3.31. The lowest BCUT2D eigenvalue weighted by atomic mass is 10.0. The number of fused-ring (bicyclic) bond motifs is 1. The van der Waals surface area contributed by atoms with Crippen molar-refractivity contribution in [2.45, 2.75) is 0 Å². The summed E-state index contributed by atoms with van der Waals surface area (Å²) >= 11 is 0. The van der Waals surface area contributed by atoms with Crippen LogP contribution in [0.3, 0.4) is 0 Å². The third-order valence-corrected chi connectivity index (χ3v) is 4.76. The van der Waals surface area contributed by atoms with Crippen molar-refractivity contribution >= 4 is 17.5 Å². The molecule has 1 amide bonds. The van der Waals surface area contributed by atoms with E-state index in [4.69, 9.17) is 0 Å². The molecular weight excluding hydrogens is 395 g/mol. The molecule has 7 nitrogen and oxygen atoms in total. The van der Waals surface area contributed by atoms with E-state index in [0.717, 1.165) is 16.8 Å². The number of imidazole rings is 1. The Kier molecular flexibility index (Phi) is 4.64. The van der Waals surface area contributed by atoms with Crippen LogP contribution in [0.25, 0.3) is 28.2 Å². The monoisotopic (exact) mass is 410 g/mol. The van der Waals surface area contributed by atoms with Crippen molar-refractivity contribution in [3.8, 4) is 22.5 Å². The molecule has 3 heterocycles. The summed E-state index contributed by atoms with van der Waals surface area (Å²) in [5.41, 5.74) is 4.29. The molecule has 0 spiro atoms. The summed E-state index contributed by atoms with van der Waals surface area (Å²) in [6, 6.07) is 15.0. The topological polar surface area (TPSA) is 85.1 Å². The van der Waals surface area contributed by atoms with Crippen molar-refractivity contribution in [3.63, 3.8) is 0 Å². The second-order valence-corrected chi connectivity index (χ2v) is 6.72. The van der Waals surface area contributed by atoms with Crippen molar-refractivity contribution in [3.05, 3.63) is 97.0 Å². The first-order valence-electron chi connectivity index (χ1n) is 9.46. The average molecular weight is 410 g/mol. The maximum Gasteiger partial charge on any atom is 0.258 e. The number of nitrogens with one attached hydrogen (secondary N) is 1. The number of anilines is 1. The van der Waals surface area contributed by atoms with E-state index in [9.17, 15) is 9.18 Å². The highest BCUT2D eigenvalue weighted by molar-refractivity contribution is 6.03. The molecule has 0 unspecified atom stereocenters. The third kappa shape index (κ3) is 3.62. The van der Waals surface area contributed by atoms with Crippen LogP contribution >= 0.6 is 0 Å². The van der Waals surface area contributed by atoms with E-state index in [-0.39, 0.29) is 17.7 Å². The molecule has 8 heteroatoms. The Morgan fingerprint density at radius 3 is 2.35 bits per heavy atom. The Balaban J connectivity index is 1.54. The number of amides is 1. The van der Waals surface area contributed by atoms with Crippen molar-refractivity contribution in [2.75, 3.05) is 5.32 Å². The number of carbonyl (C=O) groups excluding carboxylic acids is 1. The van der Waals surface area contributed by atoms with E-state index < -0.39 is 0 Å². The normalized spacial score (nSPS) is 10.9. The lowest BCUT2D eigenvalue weighted by Gasteiger charge is -2.08. The first-order valence-corrected chi connectivity index (χ1v) is 9.46. The Labute approximate surface area is 176 Å². The molecule has 0 saturated heterocycles. The van der Waals surface area contributed by atoms with Gasteiger partial charge in [0, 0.05) is 41.5 Å². The second-order valence-electron chi connectivity index (χ2n) is 6.72. The number of nitrogens with zero attached hydrogens (tertiary/aromatic N) is 5. The number of aromatic nitrogens is 5. The number of hydrogen-bond donors (Lipinski definition) is 1. The van der Waals surface area contributed by atoms with Crippen LogP contribution in [0.4, 0.5) is 10.3 Å². The molecule has 3 aromatic heterocycles. The van der Waals surface area contributed by atoms with Crippen LogP contribution < -0.4 is 5.32 Å². The van der Waals surface area contributed by atoms with E-state index >= 15 is 0 Å². The van der Waals surface area contributed by atoms with Gasteiger partial charge < -0.3 is 0 Å². The largest absolute Gasteiger partial charge is 0.296 e. The minimum Gasteiger partial charge on any atom is -0.296 e. The first-order chi connectivity index (χ1) is 15.2. The number of hydrogen-bond acceptors (Lipinski definition) is 5. The SMILES string of the molecule is O=C(Nc1ncccn1)c1ccc(-c2c(-c3ccc(F)cc3)nc3cnccn23)cc1. The third-order valence-electron chi connectivity index (χ3n) is 4.76. The fourth-order valence-corrected chi connectivity index (χ4v) is 3.31. The van der Waals surface area contributed by atoms with Gasteiger partial charge in [0.2, 0.25) is 5.95 Å². The Hall–Kier alpha value is -4.46. The van der Waals surface area contributed by atoms with Gasteiger partial charge in [-0.15, -0.1) is 0 Å². The van der Waals surface area contributed by atoms with Gasteiger partial charge in [0.25, 0.3) is 5.91 Å². The summed E-state index contributed by atoms with van der Waals surface area (Å²) in [6.45, 7) is 0. The summed E-state index contributed by atoms with van der Waals surface area (Å²) in [4.78, 5) is 29.3. The molecule has 0 radical (unpaired) electrons. The predicted molar refractivity (Wildman–Crippen MR) is 114 cm³/mol. The van der Waals surface area contributed by atoms with Gasteiger partial charge in [-0.2, -0.15) is 0 Å². The number of rotatable bonds is 4. The van der Waals surface area contributed by atoms with E-state index in [0.29, 0.717) is 16.9 Å². The first kappa shape index (κ1) is 18.6. The van der Waals surface area contributed by atoms with Gasteiger partial charge in [0.15, 0.2) is 5.65 Å². The van der Waals surface area contributed by atoms with Gasteiger partial charge in [-0.3, -0.25) is 19.5 Å². The van der Waals surface area contributed by atoms with E-state index in [1.807, 2.05) is 22.7 Å². The lowest BCUT2D eigenvalue weighted by molar-refractivity contribution is 0.102. The number of benzene rings is 2. The van der Waals surface area contributed by atoms with Crippen LogP contribution in [0.15, 0.2) is 85.6 Å². The number of carbonyl (C=O) groups is 1. The maximum atomic E-state index is 13.4. The molecule has 5 rings (SSSR count). The minimum atomic E-state index is -0.312. The molecule has 0 saturated carbocycles. The van der Waals surface area contributed by atoms with Crippen molar-refractivity contribution in [1.82, 2.24) is 24.3 Å². The summed E-state index contributed by atoms with van der Waals surface area (Å²) in [5.74, 6) is -0.378. The van der Waals surface area contributed by atoms with E-state index in [1.54, 1.807) is 55.1 Å². The Bertz CT molecular complexity index is 1370. The molecular formula is C23H15FN6O. The molecule has 1 N–H and O–H groups in total.